The maximum atomic E-state index is 6.25. The SMILES string of the molecule is c1ccc(-c2nc(-c3ccc4c(c3)oc3ccccc34)nc(-c3cccc4c3sc3ccc(-c5nc6ccccc6n5-c5ccccc5)cc34)n2)cc1. The summed E-state index contributed by atoms with van der Waals surface area (Å²) in [5.74, 6) is 2.75. The largest absolute Gasteiger partial charge is 0.456 e. The number of nitrogens with zero attached hydrogens (tertiary/aromatic N) is 5. The van der Waals surface area contributed by atoms with Gasteiger partial charge >= 0.3 is 0 Å². The second kappa shape index (κ2) is 11.8. The van der Waals surface area contributed by atoms with E-state index in [4.69, 9.17) is 24.4 Å². The number of fused-ring (bicyclic) bond motifs is 7. The zero-order valence-corrected chi connectivity index (χ0v) is 29.0. The highest BCUT2D eigenvalue weighted by Gasteiger charge is 2.20. The lowest BCUT2D eigenvalue weighted by molar-refractivity contribution is 0.669. The molecule has 0 aliphatic rings. The molecule has 0 spiro atoms. The van der Waals surface area contributed by atoms with Crippen molar-refractivity contribution in [3.8, 4) is 51.2 Å². The van der Waals surface area contributed by atoms with Crippen molar-refractivity contribution in [2.24, 2.45) is 0 Å². The van der Waals surface area contributed by atoms with E-state index in [1.807, 2.05) is 66.7 Å². The maximum absolute atomic E-state index is 6.25. The molecule has 0 bridgehead atoms. The molecule has 11 aromatic rings. The summed E-state index contributed by atoms with van der Waals surface area (Å²) in [7, 11) is 0. The third-order valence-electron chi connectivity index (χ3n) is 9.88. The van der Waals surface area contributed by atoms with Gasteiger partial charge in [-0.1, -0.05) is 97.1 Å². The van der Waals surface area contributed by atoms with E-state index in [1.54, 1.807) is 11.3 Å². The fraction of sp³-hybridized carbons (Fsp3) is 0. The molecule has 7 aromatic carbocycles. The van der Waals surface area contributed by atoms with Crippen LogP contribution < -0.4 is 0 Å². The second-order valence-corrected chi connectivity index (χ2v) is 14.1. The first-order valence-corrected chi connectivity index (χ1v) is 18.3. The second-order valence-electron chi connectivity index (χ2n) is 13.1. The van der Waals surface area contributed by atoms with Gasteiger partial charge in [0.15, 0.2) is 17.5 Å². The third kappa shape index (κ3) is 4.86. The number of aromatic nitrogens is 5. The van der Waals surface area contributed by atoms with Crippen LogP contribution in [0.25, 0.3) is 104 Å². The quantitative estimate of drug-likeness (QED) is 0.179. The minimum Gasteiger partial charge on any atom is -0.456 e. The van der Waals surface area contributed by atoms with E-state index in [9.17, 15) is 0 Å². The molecule has 0 unspecified atom stereocenters. The average Bonchev–Trinajstić information content (AvgIpc) is 3.92. The summed E-state index contributed by atoms with van der Waals surface area (Å²) in [6.45, 7) is 0. The Morgan fingerprint density at radius 2 is 1.15 bits per heavy atom. The summed E-state index contributed by atoms with van der Waals surface area (Å²) < 4.78 is 10.8. The van der Waals surface area contributed by atoms with Crippen LogP contribution in [0.5, 0.6) is 0 Å². The number of para-hydroxylation sites is 4. The molecule has 0 N–H and O–H groups in total. The van der Waals surface area contributed by atoms with Crippen molar-refractivity contribution >= 4 is 64.5 Å². The summed E-state index contributed by atoms with van der Waals surface area (Å²) >= 11 is 1.76. The standard InChI is InChI=1S/C46H27N5OS/c1-3-12-28(13-4-1)43-48-44(29-22-24-33-32-16-7-10-21-39(32)52-40(33)27-29)50-45(49-43)35-18-11-17-34-36-26-30(23-25-41(36)53-42(34)35)46-47-37-19-8-9-20-38(37)51(46)31-14-5-2-6-15-31/h1-27H. The fourth-order valence-corrected chi connectivity index (χ4v) is 8.57. The van der Waals surface area contributed by atoms with Crippen molar-refractivity contribution in [1.82, 2.24) is 24.5 Å². The third-order valence-corrected chi connectivity index (χ3v) is 11.1. The molecule has 0 fully saturated rings. The van der Waals surface area contributed by atoms with Crippen LogP contribution in [0.15, 0.2) is 168 Å². The Morgan fingerprint density at radius 1 is 0.453 bits per heavy atom. The number of thiophene rings is 1. The Hall–Kier alpha value is -6.96. The van der Waals surface area contributed by atoms with Gasteiger partial charge in [0.2, 0.25) is 0 Å². The highest BCUT2D eigenvalue weighted by molar-refractivity contribution is 7.26. The molecule has 0 amide bonds. The van der Waals surface area contributed by atoms with Gasteiger partial charge in [0, 0.05) is 58.9 Å². The van der Waals surface area contributed by atoms with Crippen LogP contribution in [0.1, 0.15) is 0 Å². The van der Waals surface area contributed by atoms with E-state index in [2.05, 4.69) is 102 Å². The molecule has 0 saturated heterocycles. The van der Waals surface area contributed by atoms with E-state index in [0.29, 0.717) is 17.5 Å². The molecule has 0 radical (unpaired) electrons. The fourth-order valence-electron chi connectivity index (χ4n) is 7.38. The molecule has 0 atom stereocenters. The van der Waals surface area contributed by atoms with E-state index in [1.165, 1.54) is 10.1 Å². The van der Waals surface area contributed by atoms with Crippen LogP contribution in [0.3, 0.4) is 0 Å². The van der Waals surface area contributed by atoms with Gasteiger partial charge in [0.1, 0.15) is 17.0 Å². The Labute approximate surface area is 307 Å². The zero-order chi connectivity index (χ0) is 34.9. The lowest BCUT2D eigenvalue weighted by Gasteiger charge is -2.10. The van der Waals surface area contributed by atoms with Crippen LogP contribution in [-0.2, 0) is 0 Å². The van der Waals surface area contributed by atoms with Gasteiger partial charge in [0.25, 0.3) is 0 Å². The number of hydrogen-bond acceptors (Lipinski definition) is 6. The highest BCUT2D eigenvalue weighted by atomic mass is 32.1. The summed E-state index contributed by atoms with van der Waals surface area (Å²) in [5.41, 5.74) is 8.59. The topological polar surface area (TPSA) is 69.6 Å². The summed E-state index contributed by atoms with van der Waals surface area (Å²) in [6.07, 6.45) is 0. The van der Waals surface area contributed by atoms with Crippen molar-refractivity contribution in [2.45, 2.75) is 0 Å². The van der Waals surface area contributed by atoms with Crippen molar-refractivity contribution in [3.05, 3.63) is 164 Å². The molecular formula is C46H27N5OS. The van der Waals surface area contributed by atoms with Crippen molar-refractivity contribution < 1.29 is 4.42 Å². The van der Waals surface area contributed by atoms with Crippen molar-refractivity contribution in [2.75, 3.05) is 0 Å². The predicted octanol–water partition coefficient (Wildman–Crippen LogP) is 12.1. The van der Waals surface area contributed by atoms with Crippen LogP contribution in [0.4, 0.5) is 0 Å². The molecule has 4 aromatic heterocycles. The van der Waals surface area contributed by atoms with Gasteiger partial charge in [-0.05, 0) is 66.7 Å². The molecular weight excluding hydrogens is 671 g/mol. The molecule has 4 heterocycles. The Kier molecular flexibility index (Phi) is 6.62. The van der Waals surface area contributed by atoms with Gasteiger partial charge in [-0.25, -0.2) is 19.9 Å². The molecule has 53 heavy (non-hydrogen) atoms. The first-order chi connectivity index (χ1) is 26.2. The lowest BCUT2D eigenvalue weighted by atomic mass is 10.1. The molecule has 11 rings (SSSR count). The van der Waals surface area contributed by atoms with Crippen LogP contribution in [0, 0.1) is 0 Å². The van der Waals surface area contributed by atoms with Gasteiger partial charge in [-0.15, -0.1) is 11.3 Å². The predicted molar refractivity (Wildman–Crippen MR) is 216 cm³/mol. The van der Waals surface area contributed by atoms with Gasteiger partial charge < -0.3 is 4.42 Å². The van der Waals surface area contributed by atoms with Crippen molar-refractivity contribution in [3.63, 3.8) is 0 Å². The summed E-state index contributed by atoms with van der Waals surface area (Å²) in [6, 6.07) is 56.2. The Morgan fingerprint density at radius 3 is 2.04 bits per heavy atom. The van der Waals surface area contributed by atoms with E-state index in [-0.39, 0.29) is 0 Å². The Bertz CT molecular complexity index is 3180. The minimum atomic E-state index is 0.594. The van der Waals surface area contributed by atoms with Gasteiger partial charge in [-0.3, -0.25) is 4.57 Å². The number of hydrogen-bond donors (Lipinski definition) is 0. The Balaban J connectivity index is 1.09. The summed E-state index contributed by atoms with van der Waals surface area (Å²) in [4.78, 5) is 20.4. The number of benzene rings is 7. The number of rotatable bonds is 5. The first kappa shape index (κ1) is 29.7. The molecule has 248 valence electrons. The first-order valence-electron chi connectivity index (χ1n) is 17.5. The maximum Gasteiger partial charge on any atom is 0.165 e. The van der Waals surface area contributed by atoms with Crippen molar-refractivity contribution in [1.29, 1.82) is 0 Å². The average molecular weight is 698 g/mol. The molecule has 0 saturated carbocycles. The van der Waals surface area contributed by atoms with Crippen LogP contribution in [0.2, 0.25) is 0 Å². The molecule has 7 heteroatoms. The number of imidazole rings is 1. The zero-order valence-electron chi connectivity index (χ0n) is 28.1. The summed E-state index contributed by atoms with van der Waals surface area (Å²) in [5, 5.41) is 4.48. The minimum absolute atomic E-state index is 0.594. The smallest absolute Gasteiger partial charge is 0.165 e. The van der Waals surface area contributed by atoms with E-state index >= 15 is 0 Å². The highest BCUT2D eigenvalue weighted by Crippen LogP contribution is 2.42. The van der Waals surface area contributed by atoms with E-state index < -0.39 is 0 Å². The normalized spacial score (nSPS) is 11.8. The van der Waals surface area contributed by atoms with E-state index in [0.717, 1.165) is 76.8 Å². The molecule has 6 nitrogen and oxygen atoms in total. The van der Waals surface area contributed by atoms with Crippen LogP contribution >= 0.6 is 11.3 Å². The monoisotopic (exact) mass is 697 g/mol. The van der Waals surface area contributed by atoms with Crippen LogP contribution in [-0.4, -0.2) is 24.5 Å². The van der Waals surface area contributed by atoms with Gasteiger partial charge in [-0.2, -0.15) is 0 Å². The molecule has 0 aliphatic carbocycles. The number of furan rings is 1. The van der Waals surface area contributed by atoms with Gasteiger partial charge in [0.05, 0.1) is 11.0 Å². The molecule has 0 aliphatic heterocycles. The lowest BCUT2D eigenvalue weighted by Crippen LogP contribution is -2.00.